The van der Waals surface area contributed by atoms with Gasteiger partial charge >= 0.3 is 0 Å². The summed E-state index contributed by atoms with van der Waals surface area (Å²) in [4.78, 5) is 0. The second-order valence-electron chi connectivity index (χ2n) is 3.45. The van der Waals surface area contributed by atoms with Crippen LogP contribution in [-0.2, 0) is 0 Å². The van der Waals surface area contributed by atoms with Gasteiger partial charge in [-0.2, -0.15) is 0 Å². The van der Waals surface area contributed by atoms with Gasteiger partial charge in [0.05, 0.1) is 18.6 Å². The zero-order valence-electron chi connectivity index (χ0n) is 8.58. The number of benzene rings is 1. The lowest BCUT2D eigenvalue weighted by atomic mass is 10.0. The van der Waals surface area contributed by atoms with Gasteiger partial charge in [-0.1, -0.05) is 0 Å². The summed E-state index contributed by atoms with van der Waals surface area (Å²) < 4.78 is 43.8. The third kappa shape index (κ3) is 2.17. The minimum absolute atomic E-state index is 0.172. The maximum atomic E-state index is 13.1. The molecule has 0 radical (unpaired) electrons. The predicted octanol–water partition coefficient (Wildman–Crippen LogP) is 2.25. The summed E-state index contributed by atoms with van der Waals surface area (Å²) in [7, 11) is 0. The lowest BCUT2D eigenvalue weighted by molar-refractivity contribution is 0.442. The van der Waals surface area contributed by atoms with Crippen molar-refractivity contribution in [1.82, 2.24) is 5.43 Å². The molecule has 17 heavy (non-hydrogen) atoms. The normalized spacial score (nSPS) is 12.7. The van der Waals surface area contributed by atoms with E-state index in [1.165, 1.54) is 12.5 Å². The number of furan rings is 1. The van der Waals surface area contributed by atoms with E-state index in [1.807, 2.05) is 0 Å². The van der Waals surface area contributed by atoms with Crippen LogP contribution >= 0.6 is 0 Å². The second-order valence-corrected chi connectivity index (χ2v) is 3.45. The van der Waals surface area contributed by atoms with Crippen LogP contribution in [0.25, 0.3) is 0 Å². The third-order valence-electron chi connectivity index (χ3n) is 2.38. The smallest absolute Gasteiger partial charge is 0.194 e. The fourth-order valence-corrected chi connectivity index (χ4v) is 1.57. The summed E-state index contributed by atoms with van der Waals surface area (Å²) in [5.41, 5.74) is 3.13. The number of hydrazine groups is 1. The van der Waals surface area contributed by atoms with Crippen LogP contribution in [-0.4, -0.2) is 0 Å². The van der Waals surface area contributed by atoms with E-state index in [-0.39, 0.29) is 5.56 Å². The van der Waals surface area contributed by atoms with Crippen molar-refractivity contribution in [3.8, 4) is 0 Å². The molecule has 6 heteroatoms. The van der Waals surface area contributed by atoms with Gasteiger partial charge in [-0.05, 0) is 23.8 Å². The highest BCUT2D eigenvalue weighted by molar-refractivity contribution is 5.30. The molecule has 1 aromatic carbocycles. The summed E-state index contributed by atoms with van der Waals surface area (Å²) >= 11 is 0. The second kappa shape index (κ2) is 4.60. The minimum atomic E-state index is -1.50. The summed E-state index contributed by atoms with van der Waals surface area (Å²) in [6, 6.07) is 2.69. The van der Waals surface area contributed by atoms with Gasteiger partial charge in [0.1, 0.15) is 0 Å². The molecule has 1 aromatic heterocycles. The molecule has 2 rings (SSSR count). The van der Waals surface area contributed by atoms with E-state index in [0.29, 0.717) is 5.56 Å². The van der Waals surface area contributed by atoms with Crippen LogP contribution < -0.4 is 11.3 Å². The number of hydrogen-bond donors (Lipinski definition) is 2. The topological polar surface area (TPSA) is 51.2 Å². The van der Waals surface area contributed by atoms with E-state index in [9.17, 15) is 13.2 Å². The Labute approximate surface area is 95.0 Å². The number of nitrogens with two attached hydrogens (primary N) is 1. The van der Waals surface area contributed by atoms with Crippen molar-refractivity contribution in [2.24, 2.45) is 5.84 Å². The quantitative estimate of drug-likeness (QED) is 0.493. The molecule has 0 saturated carbocycles. The Morgan fingerprint density at radius 1 is 1.12 bits per heavy atom. The van der Waals surface area contributed by atoms with Gasteiger partial charge in [0.15, 0.2) is 17.5 Å². The predicted molar refractivity (Wildman–Crippen MR) is 54.2 cm³/mol. The first-order chi connectivity index (χ1) is 8.13. The van der Waals surface area contributed by atoms with Crippen LogP contribution in [0.3, 0.4) is 0 Å². The zero-order valence-corrected chi connectivity index (χ0v) is 8.58. The lowest BCUT2D eigenvalue weighted by Crippen LogP contribution is -2.28. The Morgan fingerprint density at radius 2 is 1.76 bits per heavy atom. The molecular weight excluding hydrogens is 233 g/mol. The summed E-state index contributed by atoms with van der Waals surface area (Å²) in [6.07, 6.45) is 2.78. The highest BCUT2D eigenvalue weighted by atomic mass is 19.2. The summed E-state index contributed by atoms with van der Waals surface area (Å²) in [5, 5.41) is 0. The largest absolute Gasteiger partial charge is 0.472 e. The van der Waals surface area contributed by atoms with Crippen molar-refractivity contribution in [3.63, 3.8) is 0 Å². The molecule has 1 atom stereocenters. The molecule has 0 aliphatic heterocycles. The fraction of sp³-hybridized carbons (Fsp3) is 0.0909. The van der Waals surface area contributed by atoms with E-state index in [2.05, 4.69) is 5.43 Å². The van der Waals surface area contributed by atoms with Crippen LogP contribution in [0.1, 0.15) is 17.2 Å². The van der Waals surface area contributed by atoms with Crippen molar-refractivity contribution >= 4 is 0 Å². The van der Waals surface area contributed by atoms with E-state index in [0.717, 1.165) is 12.1 Å². The molecule has 0 fully saturated rings. The van der Waals surface area contributed by atoms with Gasteiger partial charge in [0.25, 0.3) is 0 Å². The molecule has 0 amide bonds. The molecule has 0 aliphatic rings. The molecular formula is C11H9F3N2O. The average Bonchev–Trinajstić information content (AvgIpc) is 2.80. The number of nitrogens with one attached hydrogen (secondary N) is 1. The first-order valence-electron chi connectivity index (χ1n) is 4.76. The molecule has 1 unspecified atom stereocenters. The van der Waals surface area contributed by atoms with Gasteiger partial charge in [0, 0.05) is 5.56 Å². The minimum Gasteiger partial charge on any atom is -0.472 e. The Balaban J connectivity index is 2.45. The number of hydrogen-bond acceptors (Lipinski definition) is 3. The Morgan fingerprint density at radius 3 is 2.24 bits per heavy atom. The first-order valence-corrected chi connectivity index (χ1v) is 4.76. The Hall–Kier alpha value is -1.79. The van der Waals surface area contributed by atoms with Crippen molar-refractivity contribution < 1.29 is 17.6 Å². The van der Waals surface area contributed by atoms with Crippen LogP contribution in [0, 0.1) is 17.5 Å². The molecule has 3 nitrogen and oxygen atoms in total. The lowest BCUT2D eigenvalue weighted by Gasteiger charge is -2.14. The third-order valence-corrected chi connectivity index (χ3v) is 2.38. The molecule has 0 spiro atoms. The van der Waals surface area contributed by atoms with Gasteiger partial charge in [-0.15, -0.1) is 0 Å². The van der Waals surface area contributed by atoms with Gasteiger partial charge in [-0.3, -0.25) is 5.84 Å². The fourth-order valence-electron chi connectivity index (χ4n) is 1.57. The van der Waals surface area contributed by atoms with Gasteiger partial charge < -0.3 is 4.42 Å². The van der Waals surface area contributed by atoms with Crippen LogP contribution in [0.4, 0.5) is 13.2 Å². The van der Waals surface area contributed by atoms with E-state index < -0.39 is 23.5 Å². The molecule has 0 aliphatic carbocycles. The average molecular weight is 242 g/mol. The van der Waals surface area contributed by atoms with Crippen LogP contribution in [0.15, 0.2) is 35.1 Å². The number of halogens is 3. The van der Waals surface area contributed by atoms with Crippen molar-refractivity contribution in [1.29, 1.82) is 0 Å². The summed E-state index contributed by atoms with van der Waals surface area (Å²) in [5.74, 6) is 1.28. The number of rotatable bonds is 3. The van der Waals surface area contributed by atoms with E-state index >= 15 is 0 Å². The summed E-state index contributed by atoms with van der Waals surface area (Å²) in [6.45, 7) is 0. The highest BCUT2D eigenvalue weighted by Crippen LogP contribution is 2.24. The standard InChI is InChI=1S/C11H9F3N2O/c12-8-3-7(4-9(13)10(8)14)11(16-15)6-1-2-17-5-6/h1-5,11,16H,15H2. The van der Waals surface area contributed by atoms with Crippen molar-refractivity contribution in [2.45, 2.75) is 6.04 Å². The Kier molecular flexibility index (Phi) is 3.16. The maximum absolute atomic E-state index is 13.1. The molecule has 3 N–H and O–H groups in total. The molecule has 0 bridgehead atoms. The van der Waals surface area contributed by atoms with Gasteiger partial charge in [0.2, 0.25) is 0 Å². The molecule has 0 saturated heterocycles. The van der Waals surface area contributed by atoms with Crippen LogP contribution in [0.5, 0.6) is 0 Å². The van der Waals surface area contributed by atoms with Gasteiger partial charge in [-0.25, -0.2) is 18.6 Å². The molecule has 1 heterocycles. The van der Waals surface area contributed by atoms with Crippen molar-refractivity contribution in [2.75, 3.05) is 0 Å². The van der Waals surface area contributed by atoms with Crippen molar-refractivity contribution in [3.05, 3.63) is 59.3 Å². The van der Waals surface area contributed by atoms with E-state index in [1.54, 1.807) is 6.07 Å². The van der Waals surface area contributed by atoms with Crippen LogP contribution in [0.2, 0.25) is 0 Å². The molecule has 90 valence electrons. The maximum Gasteiger partial charge on any atom is 0.194 e. The monoisotopic (exact) mass is 242 g/mol. The van der Waals surface area contributed by atoms with E-state index in [4.69, 9.17) is 10.3 Å². The Bertz CT molecular complexity index is 490. The zero-order chi connectivity index (χ0) is 12.4. The SMILES string of the molecule is NNC(c1ccoc1)c1cc(F)c(F)c(F)c1. The highest BCUT2D eigenvalue weighted by Gasteiger charge is 2.18. The first kappa shape index (κ1) is 11.7. The molecule has 2 aromatic rings.